The van der Waals surface area contributed by atoms with Crippen molar-refractivity contribution in [3.63, 3.8) is 0 Å². The maximum Gasteiger partial charge on any atom is 0.253 e. The number of benzene rings is 2. The SMILES string of the molecule is O=C(c1ccc2nccnc2c1)N1CCCC[C@H](c2ccc(Cl)cc2)C1. The number of halogens is 1. The van der Waals surface area contributed by atoms with Crippen molar-refractivity contribution in [3.05, 3.63) is 71.0 Å². The normalized spacial score (nSPS) is 17.9. The van der Waals surface area contributed by atoms with E-state index in [2.05, 4.69) is 22.1 Å². The van der Waals surface area contributed by atoms with Gasteiger partial charge in [0, 0.05) is 42.0 Å². The highest BCUT2D eigenvalue weighted by atomic mass is 35.5. The molecule has 0 N–H and O–H groups in total. The molecule has 4 rings (SSSR count). The molecule has 0 spiro atoms. The summed E-state index contributed by atoms with van der Waals surface area (Å²) in [5, 5.41) is 0.743. The van der Waals surface area contributed by atoms with Crippen LogP contribution in [-0.2, 0) is 0 Å². The maximum absolute atomic E-state index is 13.1. The van der Waals surface area contributed by atoms with Crippen LogP contribution in [0.2, 0.25) is 5.02 Å². The van der Waals surface area contributed by atoms with Crippen molar-refractivity contribution in [1.29, 1.82) is 0 Å². The lowest BCUT2D eigenvalue weighted by Gasteiger charge is -2.25. The van der Waals surface area contributed by atoms with E-state index in [1.807, 2.05) is 35.2 Å². The van der Waals surface area contributed by atoms with Gasteiger partial charge in [0.05, 0.1) is 11.0 Å². The van der Waals surface area contributed by atoms with Crippen LogP contribution in [0.15, 0.2) is 54.9 Å². The Kier molecular flexibility index (Phi) is 4.85. The summed E-state index contributed by atoms with van der Waals surface area (Å²) >= 11 is 6.01. The lowest BCUT2D eigenvalue weighted by atomic mass is 9.94. The Labute approximate surface area is 157 Å². The van der Waals surface area contributed by atoms with Gasteiger partial charge < -0.3 is 4.90 Å². The summed E-state index contributed by atoms with van der Waals surface area (Å²) in [5.41, 5.74) is 3.48. The minimum Gasteiger partial charge on any atom is -0.338 e. The molecule has 1 amide bonds. The molecule has 0 aliphatic carbocycles. The molecule has 4 nitrogen and oxygen atoms in total. The van der Waals surface area contributed by atoms with E-state index < -0.39 is 0 Å². The van der Waals surface area contributed by atoms with Crippen molar-refractivity contribution < 1.29 is 4.79 Å². The Hall–Kier alpha value is -2.46. The van der Waals surface area contributed by atoms with E-state index >= 15 is 0 Å². The third kappa shape index (κ3) is 3.56. The summed E-state index contributed by atoms with van der Waals surface area (Å²) in [6, 6.07) is 13.6. The number of fused-ring (bicyclic) bond motifs is 1. The maximum atomic E-state index is 13.1. The van der Waals surface area contributed by atoms with E-state index in [0.29, 0.717) is 11.5 Å². The Balaban J connectivity index is 1.58. The zero-order valence-corrected chi connectivity index (χ0v) is 15.2. The molecule has 2 heterocycles. The summed E-state index contributed by atoms with van der Waals surface area (Å²) < 4.78 is 0. The van der Waals surface area contributed by atoms with Crippen molar-refractivity contribution in [1.82, 2.24) is 14.9 Å². The van der Waals surface area contributed by atoms with Gasteiger partial charge in [-0.3, -0.25) is 14.8 Å². The van der Waals surface area contributed by atoms with Crippen molar-refractivity contribution in [2.45, 2.75) is 25.2 Å². The fourth-order valence-electron chi connectivity index (χ4n) is 3.61. The number of aromatic nitrogens is 2. The molecule has 1 aromatic heterocycles. The average Bonchev–Trinajstić information content (AvgIpc) is 2.94. The number of likely N-dealkylation sites (tertiary alicyclic amines) is 1. The van der Waals surface area contributed by atoms with Crippen LogP contribution in [0.3, 0.4) is 0 Å². The topological polar surface area (TPSA) is 46.1 Å². The Bertz CT molecular complexity index is 926. The number of rotatable bonds is 2. The number of hydrogen-bond acceptors (Lipinski definition) is 3. The average molecular weight is 366 g/mol. The molecule has 5 heteroatoms. The van der Waals surface area contributed by atoms with Crippen LogP contribution in [0, 0.1) is 0 Å². The fraction of sp³-hybridized carbons (Fsp3) is 0.286. The third-order valence-corrected chi connectivity index (χ3v) is 5.27. The Morgan fingerprint density at radius 3 is 2.58 bits per heavy atom. The van der Waals surface area contributed by atoms with E-state index in [1.54, 1.807) is 12.4 Å². The van der Waals surface area contributed by atoms with Crippen LogP contribution >= 0.6 is 11.6 Å². The molecule has 0 bridgehead atoms. The summed E-state index contributed by atoms with van der Waals surface area (Å²) in [6.07, 6.45) is 6.56. The van der Waals surface area contributed by atoms with Gasteiger partial charge in [0.15, 0.2) is 0 Å². The zero-order chi connectivity index (χ0) is 17.9. The quantitative estimate of drug-likeness (QED) is 0.661. The second-order valence-electron chi connectivity index (χ2n) is 6.76. The Morgan fingerprint density at radius 2 is 1.77 bits per heavy atom. The van der Waals surface area contributed by atoms with Gasteiger partial charge in [-0.05, 0) is 48.7 Å². The molecule has 0 unspecified atom stereocenters. The molecular weight excluding hydrogens is 346 g/mol. The molecule has 1 atom stereocenters. The van der Waals surface area contributed by atoms with Gasteiger partial charge in [0.25, 0.3) is 5.91 Å². The first-order chi connectivity index (χ1) is 12.7. The van der Waals surface area contributed by atoms with Gasteiger partial charge in [0.1, 0.15) is 0 Å². The minimum atomic E-state index is 0.0680. The lowest BCUT2D eigenvalue weighted by molar-refractivity contribution is 0.0754. The van der Waals surface area contributed by atoms with Gasteiger partial charge in [0.2, 0.25) is 0 Å². The number of amides is 1. The van der Waals surface area contributed by atoms with Crippen LogP contribution < -0.4 is 0 Å². The monoisotopic (exact) mass is 365 g/mol. The summed E-state index contributed by atoms with van der Waals surface area (Å²) in [5.74, 6) is 0.414. The molecule has 1 fully saturated rings. The highest BCUT2D eigenvalue weighted by Crippen LogP contribution is 2.28. The number of carbonyl (C=O) groups is 1. The Morgan fingerprint density at radius 1 is 1.00 bits per heavy atom. The first-order valence-electron chi connectivity index (χ1n) is 8.96. The molecule has 1 saturated heterocycles. The standard InChI is InChI=1S/C21H20ClN3O/c22-18-7-4-15(5-8-18)17-3-1-2-12-25(14-17)21(26)16-6-9-19-20(13-16)24-11-10-23-19/h4-11,13,17H,1-3,12,14H2/t17-/m0/s1. The first-order valence-corrected chi connectivity index (χ1v) is 9.34. The van der Waals surface area contributed by atoms with E-state index in [0.717, 1.165) is 48.4 Å². The molecule has 1 aliphatic rings. The predicted molar refractivity (Wildman–Crippen MR) is 103 cm³/mol. The van der Waals surface area contributed by atoms with Gasteiger partial charge in [-0.25, -0.2) is 0 Å². The molecule has 2 aromatic carbocycles. The van der Waals surface area contributed by atoms with Crippen molar-refractivity contribution in [2.24, 2.45) is 0 Å². The highest BCUT2D eigenvalue weighted by molar-refractivity contribution is 6.30. The number of hydrogen-bond donors (Lipinski definition) is 0. The van der Waals surface area contributed by atoms with Gasteiger partial charge >= 0.3 is 0 Å². The number of carbonyl (C=O) groups excluding carboxylic acids is 1. The molecule has 26 heavy (non-hydrogen) atoms. The summed E-state index contributed by atoms with van der Waals surface area (Å²) in [4.78, 5) is 23.6. The second-order valence-corrected chi connectivity index (χ2v) is 7.19. The smallest absolute Gasteiger partial charge is 0.253 e. The van der Waals surface area contributed by atoms with Crippen LogP contribution in [0.1, 0.15) is 41.1 Å². The molecule has 132 valence electrons. The van der Waals surface area contributed by atoms with Crippen molar-refractivity contribution >= 4 is 28.5 Å². The number of nitrogens with zero attached hydrogens (tertiary/aromatic N) is 3. The van der Waals surface area contributed by atoms with Crippen LogP contribution in [0.4, 0.5) is 0 Å². The largest absolute Gasteiger partial charge is 0.338 e. The van der Waals surface area contributed by atoms with Gasteiger partial charge in [-0.2, -0.15) is 0 Å². The molecule has 0 saturated carbocycles. The van der Waals surface area contributed by atoms with Crippen LogP contribution in [0.5, 0.6) is 0 Å². The van der Waals surface area contributed by atoms with E-state index in [1.165, 1.54) is 5.56 Å². The summed E-state index contributed by atoms with van der Waals surface area (Å²) in [7, 11) is 0. The van der Waals surface area contributed by atoms with E-state index in [4.69, 9.17) is 11.6 Å². The van der Waals surface area contributed by atoms with Crippen LogP contribution in [0.25, 0.3) is 11.0 Å². The highest BCUT2D eigenvalue weighted by Gasteiger charge is 2.24. The minimum absolute atomic E-state index is 0.0680. The fourth-order valence-corrected chi connectivity index (χ4v) is 3.74. The predicted octanol–water partition coefficient (Wildman–Crippen LogP) is 4.69. The first kappa shape index (κ1) is 17.0. The molecule has 0 radical (unpaired) electrons. The summed E-state index contributed by atoms with van der Waals surface area (Å²) in [6.45, 7) is 1.53. The van der Waals surface area contributed by atoms with Crippen molar-refractivity contribution in [2.75, 3.05) is 13.1 Å². The molecular formula is C21H20ClN3O. The lowest BCUT2D eigenvalue weighted by Crippen LogP contribution is -2.34. The van der Waals surface area contributed by atoms with E-state index in [9.17, 15) is 4.79 Å². The van der Waals surface area contributed by atoms with Gasteiger partial charge in [-0.1, -0.05) is 30.2 Å². The second kappa shape index (κ2) is 7.42. The van der Waals surface area contributed by atoms with Crippen LogP contribution in [-0.4, -0.2) is 33.9 Å². The molecule has 1 aliphatic heterocycles. The van der Waals surface area contributed by atoms with Crippen molar-refractivity contribution in [3.8, 4) is 0 Å². The molecule has 3 aromatic rings. The van der Waals surface area contributed by atoms with Gasteiger partial charge in [-0.15, -0.1) is 0 Å². The zero-order valence-electron chi connectivity index (χ0n) is 14.4. The van der Waals surface area contributed by atoms with E-state index in [-0.39, 0.29) is 5.91 Å². The third-order valence-electron chi connectivity index (χ3n) is 5.02.